The van der Waals surface area contributed by atoms with E-state index in [4.69, 9.17) is 0 Å². The molecule has 0 radical (unpaired) electrons. The Labute approximate surface area is 78.9 Å². The van der Waals surface area contributed by atoms with E-state index in [-0.39, 0.29) is 3.70 Å². The number of rotatable bonds is 1. The third kappa shape index (κ3) is 1.67. The van der Waals surface area contributed by atoms with E-state index in [2.05, 4.69) is 4.98 Å². The molecule has 0 aliphatic carbocycles. The summed E-state index contributed by atoms with van der Waals surface area (Å²) in [6.07, 6.45) is -2.47. The van der Waals surface area contributed by atoms with E-state index in [1.54, 1.807) is 0 Å². The van der Waals surface area contributed by atoms with Crippen molar-refractivity contribution in [3.63, 3.8) is 0 Å². The maximum absolute atomic E-state index is 12.6. The summed E-state index contributed by atoms with van der Waals surface area (Å²) >= 11 is 1.42. The lowest BCUT2D eigenvalue weighted by Gasteiger charge is -2.03. The summed E-state index contributed by atoms with van der Waals surface area (Å²) in [7, 11) is 0. The van der Waals surface area contributed by atoms with Crippen LogP contribution in [0.5, 0.6) is 0 Å². The normalized spacial score (nSPS) is 10.8. The van der Waals surface area contributed by atoms with Gasteiger partial charge in [0, 0.05) is 0 Å². The zero-order valence-corrected chi connectivity index (χ0v) is 7.65. The average Bonchev–Trinajstić information content (AvgIpc) is 1.97. The summed E-state index contributed by atoms with van der Waals surface area (Å²) in [5.74, 6) is -2.88. The molecule has 1 nitrogen and oxygen atoms in total. The SMILES string of the molecule is Fc1cnc(I)c(C(F)F)c1F. The molecule has 12 heavy (non-hydrogen) atoms. The van der Waals surface area contributed by atoms with Crippen LogP contribution in [-0.2, 0) is 0 Å². The number of pyridine rings is 1. The van der Waals surface area contributed by atoms with Crippen molar-refractivity contribution in [2.45, 2.75) is 6.43 Å². The van der Waals surface area contributed by atoms with Crippen LogP contribution < -0.4 is 0 Å². The third-order valence-corrected chi connectivity index (χ3v) is 2.04. The molecule has 1 heterocycles. The largest absolute Gasteiger partial charge is 0.269 e. The van der Waals surface area contributed by atoms with Crippen LogP contribution in [0.1, 0.15) is 12.0 Å². The van der Waals surface area contributed by atoms with Gasteiger partial charge in [-0.3, -0.25) is 0 Å². The summed E-state index contributed by atoms with van der Waals surface area (Å²) < 4.78 is 48.8. The van der Waals surface area contributed by atoms with Gasteiger partial charge >= 0.3 is 0 Å². The first-order valence-electron chi connectivity index (χ1n) is 2.81. The van der Waals surface area contributed by atoms with Gasteiger partial charge in [0.2, 0.25) is 0 Å². The van der Waals surface area contributed by atoms with E-state index in [0.717, 1.165) is 0 Å². The van der Waals surface area contributed by atoms with Crippen molar-refractivity contribution in [2.24, 2.45) is 0 Å². The van der Waals surface area contributed by atoms with Gasteiger partial charge in [0.1, 0.15) is 3.70 Å². The van der Waals surface area contributed by atoms with Crippen LogP contribution in [0.4, 0.5) is 17.6 Å². The Morgan fingerprint density at radius 2 is 1.92 bits per heavy atom. The van der Waals surface area contributed by atoms with E-state index in [9.17, 15) is 17.6 Å². The van der Waals surface area contributed by atoms with Crippen molar-refractivity contribution in [2.75, 3.05) is 0 Å². The molecule has 0 saturated heterocycles. The molecule has 0 spiro atoms. The second kappa shape index (κ2) is 3.55. The molecule has 1 aromatic heterocycles. The molecule has 0 N–H and O–H groups in total. The van der Waals surface area contributed by atoms with Crippen molar-refractivity contribution < 1.29 is 17.6 Å². The first kappa shape index (κ1) is 9.69. The first-order valence-corrected chi connectivity index (χ1v) is 3.89. The Balaban J connectivity index is 3.33. The number of aromatic nitrogens is 1. The first-order chi connectivity index (χ1) is 5.54. The molecule has 66 valence electrons. The predicted molar refractivity (Wildman–Crippen MR) is 41.8 cm³/mol. The molecule has 0 aliphatic rings. The molecule has 0 saturated carbocycles. The van der Waals surface area contributed by atoms with Crippen LogP contribution in [0.15, 0.2) is 6.20 Å². The second-order valence-electron chi connectivity index (χ2n) is 1.93. The van der Waals surface area contributed by atoms with Crippen molar-refractivity contribution in [1.82, 2.24) is 4.98 Å². The Kier molecular flexibility index (Phi) is 2.86. The van der Waals surface area contributed by atoms with Gasteiger partial charge in [-0.25, -0.2) is 22.5 Å². The summed E-state index contributed by atoms with van der Waals surface area (Å²) in [5.41, 5.74) is -0.976. The topological polar surface area (TPSA) is 12.9 Å². The molecule has 0 fully saturated rings. The Morgan fingerprint density at radius 1 is 1.33 bits per heavy atom. The minimum atomic E-state index is -3.04. The Hall–Kier alpha value is -0.400. The van der Waals surface area contributed by atoms with Gasteiger partial charge in [0.15, 0.2) is 11.6 Å². The smallest absolute Gasteiger partial charge is 0.247 e. The molecule has 0 aromatic carbocycles. The fourth-order valence-electron chi connectivity index (χ4n) is 0.645. The van der Waals surface area contributed by atoms with Crippen molar-refractivity contribution in [3.8, 4) is 0 Å². The van der Waals surface area contributed by atoms with E-state index in [0.29, 0.717) is 6.20 Å². The van der Waals surface area contributed by atoms with E-state index >= 15 is 0 Å². The van der Waals surface area contributed by atoms with Crippen LogP contribution in [0.2, 0.25) is 0 Å². The number of halogens is 5. The maximum Gasteiger partial charge on any atom is 0.269 e. The fraction of sp³-hybridized carbons (Fsp3) is 0.167. The monoisotopic (exact) mass is 291 g/mol. The van der Waals surface area contributed by atoms with Crippen LogP contribution in [0.3, 0.4) is 0 Å². The summed E-state index contributed by atoms with van der Waals surface area (Å²) in [6, 6.07) is 0. The predicted octanol–water partition coefficient (Wildman–Crippen LogP) is 2.90. The highest BCUT2D eigenvalue weighted by Gasteiger charge is 2.21. The molecule has 6 heteroatoms. The number of alkyl halides is 2. The van der Waals surface area contributed by atoms with Gasteiger partial charge in [0.05, 0.1) is 11.8 Å². The zero-order chi connectivity index (χ0) is 9.30. The van der Waals surface area contributed by atoms with E-state index in [1.165, 1.54) is 22.6 Å². The van der Waals surface area contributed by atoms with E-state index < -0.39 is 23.6 Å². The molecular formula is C6H2F4IN. The summed E-state index contributed by atoms with van der Waals surface area (Å²) in [6.45, 7) is 0. The van der Waals surface area contributed by atoms with Gasteiger partial charge in [-0.1, -0.05) is 0 Å². The summed E-state index contributed by atoms with van der Waals surface area (Å²) in [5, 5.41) is 0. The Morgan fingerprint density at radius 3 is 2.33 bits per heavy atom. The van der Waals surface area contributed by atoms with Crippen molar-refractivity contribution >= 4 is 22.6 Å². The van der Waals surface area contributed by atoms with Crippen LogP contribution >= 0.6 is 22.6 Å². The summed E-state index contributed by atoms with van der Waals surface area (Å²) in [4.78, 5) is 3.25. The lowest BCUT2D eigenvalue weighted by atomic mass is 10.3. The molecule has 1 rings (SSSR count). The number of nitrogens with zero attached hydrogens (tertiary/aromatic N) is 1. The highest BCUT2D eigenvalue weighted by atomic mass is 127. The molecule has 0 atom stereocenters. The van der Waals surface area contributed by atoms with E-state index in [1.807, 2.05) is 0 Å². The lowest BCUT2D eigenvalue weighted by molar-refractivity contribution is 0.143. The van der Waals surface area contributed by atoms with Gasteiger partial charge in [0.25, 0.3) is 6.43 Å². The molecule has 0 aliphatic heterocycles. The fourth-order valence-corrected chi connectivity index (χ4v) is 1.26. The quantitative estimate of drug-likeness (QED) is 0.440. The molecule has 0 amide bonds. The lowest BCUT2D eigenvalue weighted by Crippen LogP contribution is -2.00. The molecule has 0 unspecified atom stereocenters. The zero-order valence-electron chi connectivity index (χ0n) is 5.49. The molecule has 1 aromatic rings. The van der Waals surface area contributed by atoms with Crippen LogP contribution in [-0.4, -0.2) is 4.98 Å². The van der Waals surface area contributed by atoms with Crippen molar-refractivity contribution in [1.29, 1.82) is 0 Å². The average molecular weight is 291 g/mol. The number of hydrogen-bond donors (Lipinski definition) is 0. The molecule has 0 bridgehead atoms. The number of hydrogen-bond acceptors (Lipinski definition) is 1. The Bertz CT molecular complexity index is 302. The second-order valence-corrected chi connectivity index (χ2v) is 2.95. The third-order valence-electron chi connectivity index (χ3n) is 1.18. The van der Waals surface area contributed by atoms with Crippen molar-refractivity contribution in [3.05, 3.63) is 27.1 Å². The van der Waals surface area contributed by atoms with Crippen LogP contribution in [0.25, 0.3) is 0 Å². The van der Waals surface area contributed by atoms with Crippen LogP contribution in [0, 0.1) is 15.3 Å². The molecular weight excluding hydrogens is 289 g/mol. The van der Waals surface area contributed by atoms with Gasteiger partial charge in [-0.15, -0.1) is 0 Å². The minimum absolute atomic E-state index is 0.221. The minimum Gasteiger partial charge on any atom is -0.247 e. The standard InChI is InChI=1S/C6H2F4IN/c7-2-1-12-6(11)3(4(2)8)5(9)10/h1,5H. The maximum atomic E-state index is 12.6. The van der Waals surface area contributed by atoms with Gasteiger partial charge in [-0.2, -0.15) is 0 Å². The van der Waals surface area contributed by atoms with Gasteiger partial charge in [-0.05, 0) is 22.6 Å². The highest BCUT2D eigenvalue weighted by Crippen LogP contribution is 2.26. The highest BCUT2D eigenvalue weighted by molar-refractivity contribution is 14.1. The van der Waals surface area contributed by atoms with Gasteiger partial charge < -0.3 is 0 Å².